The molecule has 0 saturated heterocycles. The second-order valence-electron chi connectivity index (χ2n) is 13.3. The van der Waals surface area contributed by atoms with E-state index in [1.54, 1.807) is 0 Å². The Hall–Kier alpha value is -6.42. The molecule has 0 atom stereocenters. The summed E-state index contributed by atoms with van der Waals surface area (Å²) in [5, 5.41) is 7.70. The van der Waals surface area contributed by atoms with E-state index in [-0.39, 0.29) is 0 Å². The predicted molar refractivity (Wildman–Crippen MR) is 219 cm³/mol. The summed E-state index contributed by atoms with van der Waals surface area (Å²) in [6, 6.07) is 66.6. The maximum absolute atomic E-state index is 2.50. The van der Waals surface area contributed by atoms with Gasteiger partial charge >= 0.3 is 0 Å². The molecule has 3 heterocycles. The Kier molecular flexibility index (Phi) is 6.16. The van der Waals surface area contributed by atoms with Crippen LogP contribution in [0.5, 0.6) is 0 Å². The first-order valence-electron chi connectivity index (χ1n) is 17.4. The quantitative estimate of drug-likeness (QED) is 0.177. The van der Waals surface area contributed by atoms with Gasteiger partial charge in [-0.3, -0.25) is 0 Å². The molecule has 11 rings (SSSR count). The molecule has 0 aliphatic heterocycles. The molecule has 0 fully saturated rings. The number of rotatable bonds is 4. The number of hydrogen-bond acceptors (Lipinski definition) is 1. The fourth-order valence-corrected chi connectivity index (χ4v) is 9.38. The van der Waals surface area contributed by atoms with Crippen molar-refractivity contribution in [3.8, 4) is 33.6 Å². The molecule has 0 amide bonds. The summed E-state index contributed by atoms with van der Waals surface area (Å²) < 4.78 is 7.58. The fourth-order valence-electron chi connectivity index (χ4n) is 8.24. The maximum Gasteiger partial charge on any atom is 0.0641 e. The van der Waals surface area contributed by atoms with Crippen molar-refractivity contribution in [2.75, 3.05) is 0 Å². The number of thiophene rings is 1. The topological polar surface area (TPSA) is 9.86 Å². The van der Waals surface area contributed by atoms with Crippen LogP contribution in [0.1, 0.15) is 0 Å². The molecule has 0 spiro atoms. The van der Waals surface area contributed by atoms with Crippen molar-refractivity contribution in [3.63, 3.8) is 0 Å². The largest absolute Gasteiger partial charge is 0.309 e. The van der Waals surface area contributed by atoms with Crippen LogP contribution in [0, 0.1) is 0 Å². The van der Waals surface area contributed by atoms with Gasteiger partial charge in [0.25, 0.3) is 0 Å². The highest BCUT2D eigenvalue weighted by molar-refractivity contribution is 7.25. The van der Waals surface area contributed by atoms with Gasteiger partial charge in [-0.1, -0.05) is 127 Å². The SMILES string of the molecule is c1ccc(-c2cccc(-c3cccc(-n4c5ccccc5c5c4ccc4c6ccccc6n(-c6ccc7c(c6)sc6ccccc67)c45)c3)c2)cc1. The van der Waals surface area contributed by atoms with E-state index in [4.69, 9.17) is 0 Å². The molecule has 3 heteroatoms. The van der Waals surface area contributed by atoms with Gasteiger partial charge in [0.1, 0.15) is 0 Å². The van der Waals surface area contributed by atoms with Crippen molar-refractivity contribution >= 4 is 75.1 Å². The van der Waals surface area contributed by atoms with Gasteiger partial charge in [0.15, 0.2) is 0 Å². The summed E-state index contributed by atoms with van der Waals surface area (Å²) in [5.74, 6) is 0. The van der Waals surface area contributed by atoms with E-state index in [0.29, 0.717) is 0 Å². The second-order valence-corrected chi connectivity index (χ2v) is 14.4. The Morgan fingerprint density at radius 1 is 0.314 bits per heavy atom. The normalized spacial score (nSPS) is 11.9. The maximum atomic E-state index is 2.50. The predicted octanol–water partition coefficient (Wildman–Crippen LogP) is 13.6. The Balaban J connectivity index is 1.17. The van der Waals surface area contributed by atoms with Crippen molar-refractivity contribution in [3.05, 3.63) is 182 Å². The van der Waals surface area contributed by atoms with E-state index in [0.717, 1.165) is 5.69 Å². The minimum Gasteiger partial charge on any atom is -0.309 e. The van der Waals surface area contributed by atoms with Gasteiger partial charge in [-0.2, -0.15) is 0 Å². The first-order valence-corrected chi connectivity index (χ1v) is 18.3. The van der Waals surface area contributed by atoms with Crippen LogP contribution in [-0.2, 0) is 0 Å². The van der Waals surface area contributed by atoms with Gasteiger partial charge in [-0.25, -0.2) is 0 Å². The third-order valence-electron chi connectivity index (χ3n) is 10.5. The first-order chi connectivity index (χ1) is 25.3. The average molecular weight is 667 g/mol. The highest BCUT2D eigenvalue weighted by Crippen LogP contribution is 2.43. The summed E-state index contributed by atoms with van der Waals surface area (Å²) in [5.41, 5.74) is 12.1. The molecule has 0 aliphatic carbocycles. The molecule has 51 heavy (non-hydrogen) atoms. The molecule has 0 unspecified atom stereocenters. The molecule has 11 aromatic rings. The van der Waals surface area contributed by atoms with E-state index >= 15 is 0 Å². The molecular formula is C48H30N2S. The standard InChI is InChI=1S/C48H30N2S/c1-2-12-31(13-3-1)32-14-10-15-33(28-32)34-16-11-17-35(29-34)49-43-22-8-5-20-41(43)47-44(49)27-26-40-37-18-4-7-21-42(37)50(48(40)47)36-24-25-39-38-19-6-9-23-45(38)51-46(39)30-36/h1-30H. The van der Waals surface area contributed by atoms with Gasteiger partial charge in [0.2, 0.25) is 0 Å². The number of para-hydroxylation sites is 2. The lowest BCUT2D eigenvalue weighted by atomic mass is 9.99. The van der Waals surface area contributed by atoms with Gasteiger partial charge in [0.05, 0.1) is 22.1 Å². The van der Waals surface area contributed by atoms with Crippen molar-refractivity contribution in [1.82, 2.24) is 9.13 Å². The lowest BCUT2D eigenvalue weighted by molar-refractivity contribution is 1.18. The number of hydrogen-bond donors (Lipinski definition) is 0. The number of nitrogens with zero attached hydrogens (tertiary/aromatic N) is 2. The van der Waals surface area contributed by atoms with Gasteiger partial charge in [-0.05, 0) is 76.9 Å². The van der Waals surface area contributed by atoms with E-state index in [1.165, 1.54) is 91.7 Å². The highest BCUT2D eigenvalue weighted by atomic mass is 32.1. The molecule has 0 aliphatic rings. The molecule has 2 nitrogen and oxygen atoms in total. The summed E-state index contributed by atoms with van der Waals surface area (Å²) in [7, 11) is 0. The molecule has 3 aromatic heterocycles. The van der Waals surface area contributed by atoms with E-state index in [2.05, 4.69) is 191 Å². The van der Waals surface area contributed by atoms with Gasteiger partial charge in [0, 0.05) is 53.1 Å². The van der Waals surface area contributed by atoms with Crippen molar-refractivity contribution in [2.45, 2.75) is 0 Å². The lowest BCUT2D eigenvalue weighted by Crippen LogP contribution is -1.95. The van der Waals surface area contributed by atoms with E-state index < -0.39 is 0 Å². The Morgan fingerprint density at radius 3 is 1.75 bits per heavy atom. The zero-order valence-electron chi connectivity index (χ0n) is 27.6. The minimum absolute atomic E-state index is 1.15. The summed E-state index contributed by atoms with van der Waals surface area (Å²) in [4.78, 5) is 0. The van der Waals surface area contributed by atoms with Crippen LogP contribution in [-0.4, -0.2) is 9.13 Å². The van der Waals surface area contributed by atoms with Crippen LogP contribution in [0.15, 0.2) is 182 Å². The van der Waals surface area contributed by atoms with Crippen LogP contribution < -0.4 is 0 Å². The lowest BCUT2D eigenvalue weighted by Gasteiger charge is -2.12. The zero-order valence-corrected chi connectivity index (χ0v) is 28.4. The fraction of sp³-hybridized carbons (Fsp3) is 0. The van der Waals surface area contributed by atoms with E-state index in [9.17, 15) is 0 Å². The smallest absolute Gasteiger partial charge is 0.0641 e. The van der Waals surface area contributed by atoms with Crippen LogP contribution in [0.25, 0.3) is 97.4 Å². The Bertz CT molecular complexity index is 3140. The van der Waals surface area contributed by atoms with Crippen LogP contribution >= 0.6 is 11.3 Å². The molecule has 0 radical (unpaired) electrons. The van der Waals surface area contributed by atoms with Gasteiger partial charge < -0.3 is 9.13 Å². The van der Waals surface area contributed by atoms with Gasteiger partial charge in [-0.15, -0.1) is 11.3 Å². The van der Waals surface area contributed by atoms with Crippen LogP contribution in [0.2, 0.25) is 0 Å². The van der Waals surface area contributed by atoms with Crippen LogP contribution in [0.3, 0.4) is 0 Å². The molecular weight excluding hydrogens is 637 g/mol. The Morgan fingerprint density at radius 2 is 0.902 bits per heavy atom. The zero-order chi connectivity index (χ0) is 33.5. The van der Waals surface area contributed by atoms with Crippen LogP contribution in [0.4, 0.5) is 0 Å². The third-order valence-corrected chi connectivity index (χ3v) is 11.6. The summed E-state index contributed by atoms with van der Waals surface area (Å²) in [6.07, 6.45) is 0. The molecule has 0 saturated carbocycles. The molecule has 8 aromatic carbocycles. The van der Waals surface area contributed by atoms with E-state index in [1.807, 2.05) is 11.3 Å². The monoisotopic (exact) mass is 666 g/mol. The Labute approximate surface area is 298 Å². The summed E-state index contributed by atoms with van der Waals surface area (Å²) in [6.45, 7) is 0. The molecule has 238 valence electrons. The van der Waals surface area contributed by atoms with Crippen molar-refractivity contribution in [1.29, 1.82) is 0 Å². The summed E-state index contributed by atoms with van der Waals surface area (Å²) >= 11 is 1.87. The third kappa shape index (κ3) is 4.29. The molecule has 0 bridgehead atoms. The number of aromatic nitrogens is 2. The van der Waals surface area contributed by atoms with Crippen molar-refractivity contribution < 1.29 is 0 Å². The minimum atomic E-state index is 1.15. The number of benzene rings is 8. The second kappa shape index (κ2) is 11.0. The first kappa shape index (κ1) is 28.4. The molecule has 0 N–H and O–H groups in total. The van der Waals surface area contributed by atoms with Crippen molar-refractivity contribution in [2.24, 2.45) is 0 Å². The number of fused-ring (bicyclic) bond motifs is 10. The highest BCUT2D eigenvalue weighted by Gasteiger charge is 2.21. The average Bonchev–Trinajstić information content (AvgIpc) is 3.85.